The summed E-state index contributed by atoms with van der Waals surface area (Å²) in [6.07, 6.45) is 4.86. The molecular formula is C28H35F2N5O. The van der Waals surface area contributed by atoms with Gasteiger partial charge in [-0.25, -0.2) is 18.8 Å². The minimum absolute atomic E-state index is 0.124. The van der Waals surface area contributed by atoms with Gasteiger partial charge in [0.2, 0.25) is 0 Å². The zero-order valence-corrected chi connectivity index (χ0v) is 21.1. The number of hydrogen-bond acceptors (Lipinski definition) is 4. The van der Waals surface area contributed by atoms with Gasteiger partial charge in [0.1, 0.15) is 23.3 Å². The van der Waals surface area contributed by atoms with E-state index in [2.05, 4.69) is 65.8 Å². The SMILES string of the molecule is C=CN=C(N)C(Cc1cc(F)cc(F)c1)C(O)CNCc1cc(CC(C)(C)C)ccc1-c1ncc[nH]1. The minimum atomic E-state index is -0.954. The number of aromatic amines is 1. The third kappa shape index (κ3) is 7.83. The van der Waals surface area contributed by atoms with Gasteiger partial charge in [-0.05, 0) is 47.1 Å². The van der Waals surface area contributed by atoms with Crippen molar-refractivity contribution in [3.05, 3.63) is 89.9 Å². The number of aromatic nitrogens is 2. The highest BCUT2D eigenvalue weighted by atomic mass is 19.1. The molecule has 2 atom stereocenters. The third-order valence-corrected chi connectivity index (χ3v) is 5.79. The molecule has 0 bridgehead atoms. The molecule has 0 spiro atoms. The third-order valence-electron chi connectivity index (χ3n) is 5.79. The normalized spacial score (nSPS) is 14.0. The summed E-state index contributed by atoms with van der Waals surface area (Å²) in [7, 11) is 0. The molecule has 0 aliphatic heterocycles. The molecule has 3 rings (SSSR count). The van der Waals surface area contributed by atoms with E-state index >= 15 is 0 Å². The fourth-order valence-electron chi connectivity index (χ4n) is 4.28. The van der Waals surface area contributed by atoms with Crippen molar-refractivity contribution in [2.75, 3.05) is 6.54 Å². The van der Waals surface area contributed by atoms with Gasteiger partial charge in [-0.15, -0.1) is 0 Å². The molecule has 0 amide bonds. The Morgan fingerprint density at radius 3 is 2.53 bits per heavy atom. The predicted molar refractivity (Wildman–Crippen MR) is 140 cm³/mol. The first-order valence-electron chi connectivity index (χ1n) is 11.9. The van der Waals surface area contributed by atoms with Crippen LogP contribution in [0.4, 0.5) is 8.78 Å². The lowest BCUT2D eigenvalue weighted by Gasteiger charge is -2.24. The van der Waals surface area contributed by atoms with Crippen LogP contribution in [0.25, 0.3) is 11.4 Å². The molecular weight excluding hydrogens is 460 g/mol. The lowest BCUT2D eigenvalue weighted by molar-refractivity contribution is 0.135. The van der Waals surface area contributed by atoms with Crippen molar-refractivity contribution in [2.45, 2.75) is 46.3 Å². The molecule has 36 heavy (non-hydrogen) atoms. The van der Waals surface area contributed by atoms with E-state index in [9.17, 15) is 13.9 Å². The van der Waals surface area contributed by atoms with Gasteiger partial charge in [0.25, 0.3) is 0 Å². The fraction of sp³-hybridized carbons (Fsp3) is 0.357. The first-order valence-corrected chi connectivity index (χ1v) is 11.9. The summed E-state index contributed by atoms with van der Waals surface area (Å²) in [5.74, 6) is -1.11. The molecule has 3 aromatic rings. The van der Waals surface area contributed by atoms with Crippen molar-refractivity contribution in [3.63, 3.8) is 0 Å². The van der Waals surface area contributed by atoms with Crippen LogP contribution < -0.4 is 11.1 Å². The van der Waals surface area contributed by atoms with Gasteiger partial charge in [-0.1, -0.05) is 45.5 Å². The van der Waals surface area contributed by atoms with Crippen LogP contribution in [0.1, 0.15) is 37.5 Å². The van der Waals surface area contributed by atoms with E-state index < -0.39 is 23.7 Å². The van der Waals surface area contributed by atoms with Gasteiger partial charge in [0, 0.05) is 49.2 Å². The molecule has 0 fully saturated rings. The van der Waals surface area contributed by atoms with Crippen molar-refractivity contribution >= 4 is 5.84 Å². The lowest BCUT2D eigenvalue weighted by Crippen LogP contribution is -2.41. The largest absolute Gasteiger partial charge is 0.391 e. The number of aliphatic imine (C=N–C) groups is 1. The average molecular weight is 496 g/mol. The molecule has 6 nitrogen and oxygen atoms in total. The smallest absolute Gasteiger partial charge is 0.137 e. The molecule has 0 aliphatic carbocycles. The molecule has 192 valence electrons. The summed E-state index contributed by atoms with van der Waals surface area (Å²) in [4.78, 5) is 11.6. The Morgan fingerprint density at radius 2 is 1.92 bits per heavy atom. The average Bonchev–Trinajstić information content (AvgIpc) is 3.30. The molecule has 1 aromatic heterocycles. The molecule has 0 aliphatic rings. The van der Waals surface area contributed by atoms with Crippen LogP contribution in [0.2, 0.25) is 0 Å². The monoisotopic (exact) mass is 495 g/mol. The van der Waals surface area contributed by atoms with Crippen LogP contribution in [0, 0.1) is 23.0 Å². The second kappa shape index (κ2) is 12.1. The molecule has 0 saturated carbocycles. The Kier molecular flexibility index (Phi) is 9.12. The number of aliphatic hydroxyl groups is 1. The molecule has 0 radical (unpaired) electrons. The van der Waals surface area contributed by atoms with E-state index in [-0.39, 0.29) is 24.2 Å². The topological polar surface area (TPSA) is 99.3 Å². The van der Waals surface area contributed by atoms with Crippen molar-refractivity contribution in [2.24, 2.45) is 22.1 Å². The quantitative estimate of drug-likeness (QED) is 0.228. The van der Waals surface area contributed by atoms with Gasteiger partial charge in [0.15, 0.2) is 0 Å². The molecule has 2 aromatic carbocycles. The van der Waals surface area contributed by atoms with Crippen LogP contribution in [0.5, 0.6) is 0 Å². The Morgan fingerprint density at radius 1 is 1.19 bits per heavy atom. The predicted octanol–water partition coefficient (Wildman–Crippen LogP) is 4.75. The van der Waals surface area contributed by atoms with Crippen molar-refractivity contribution in [3.8, 4) is 11.4 Å². The second-order valence-electron chi connectivity index (χ2n) is 10.2. The van der Waals surface area contributed by atoms with Crippen molar-refractivity contribution in [1.82, 2.24) is 15.3 Å². The number of imidazole rings is 1. The molecule has 1 heterocycles. The number of benzene rings is 2. The van der Waals surface area contributed by atoms with Gasteiger partial charge in [-0.3, -0.25) is 0 Å². The molecule has 2 unspecified atom stereocenters. The van der Waals surface area contributed by atoms with E-state index in [4.69, 9.17) is 5.73 Å². The second-order valence-corrected chi connectivity index (χ2v) is 10.2. The number of nitrogens with two attached hydrogens (primary N) is 1. The van der Waals surface area contributed by atoms with Crippen LogP contribution in [-0.2, 0) is 19.4 Å². The number of rotatable bonds is 11. The standard InChI is InChI=1S/C28H35F2N5O/c1-5-33-26(31)24(13-19-11-21(29)14-22(30)12-19)25(36)17-32-16-20-10-18(15-28(2,3)4)6-7-23(20)27-34-8-9-35-27/h5-12,14,24-25,32,36H,1,13,15-17H2,2-4H3,(H2,31,33)(H,34,35). The number of nitrogens with one attached hydrogen (secondary N) is 2. The highest BCUT2D eigenvalue weighted by Crippen LogP contribution is 2.26. The molecule has 5 N–H and O–H groups in total. The van der Waals surface area contributed by atoms with Gasteiger partial charge in [0.05, 0.1) is 6.10 Å². The van der Waals surface area contributed by atoms with Gasteiger partial charge < -0.3 is 21.1 Å². The summed E-state index contributed by atoms with van der Waals surface area (Å²) in [5, 5.41) is 14.3. The number of amidine groups is 1. The number of hydrogen-bond donors (Lipinski definition) is 4. The first kappa shape index (κ1) is 27.2. The maximum absolute atomic E-state index is 13.7. The number of H-pyrrole nitrogens is 1. The Labute approximate surface area is 211 Å². The van der Waals surface area contributed by atoms with E-state index in [1.807, 2.05) is 0 Å². The van der Waals surface area contributed by atoms with Gasteiger partial charge in [-0.2, -0.15) is 0 Å². The van der Waals surface area contributed by atoms with Crippen LogP contribution >= 0.6 is 0 Å². The number of aliphatic hydroxyl groups excluding tert-OH is 1. The summed E-state index contributed by atoms with van der Waals surface area (Å²) >= 11 is 0. The maximum atomic E-state index is 13.7. The van der Waals surface area contributed by atoms with Crippen LogP contribution in [-0.4, -0.2) is 33.6 Å². The minimum Gasteiger partial charge on any atom is -0.391 e. The highest BCUT2D eigenvalue weighted by Gasteiger charge is 2.24. The Bertz CT molecular complexity index is 1160. The van der Waals surface area contributed by atoms with Crippen LogP contribution in [0.15, 0.2) is 66.6 Å². The molecule has 8 heteroatoms. The summed E-state index contributed by atoms with van der Waals surface area (Å²) < 4.78 is 27.4. The van der Waals surface area contributed by atoms with E-state index in [1.54, 1.807) is 12.4 Å². The van der Waals surface area contributed by atoms with Gasteiger partial charge >= 0.3 is 0 Å². The number of halogens is 2. The maximum Gasteiger partial charge on any atom is 0.137 e. The first-order chi connectivity index (χ1) is 17.1. The highest BCUT2D eigenvalue weighted by molar-refractivity contribution is 5.84. The van der Waals surface area contributed by atoms with E-state index in [1.165, 1.54) is 23.9 Å². The van der Waals surface area contributed by atoms with E-state index in [0.717, 1.165) is 29.4 Å². The Balaban J connectivity index is 1.76. The van der Waals surface area contributed by atoms with Crippen molar-refractivity contribution in [1.29, 1.82) is 0 Å². The summed E-state index contributed by atoms with van der Waals surface area (Å²) in [5.41, 5.74) is 9.84. The fourth-order valence-corrected chi connectivity index (χ4v) is 4.28. The van der Waals surface area contributed by atoms with Crippen molar-refractivity contribution < 1.29 is 13.9 Å². The zero-order chi connectivity index (χ0) is 26.3. The zero-order valence-electron chi connectivity index (χ0n) is 21.1. The molecule has 0 saturated heterocycles. The number of nitrogens with zero attached hydrogens (tertiary/aromatic N) is 2. The lowest BCUT2D eigenvalue weighted by atomic mass is 9.87. The summed E-state index contributed by atoms with van der Waals surface area (Å²) in [6, 6.07) is 9.60. The van der Waals surface area contributed by atoms with Crippen LogP contribution in [0.3, 0.4) is 0 Å². The summed E-state index contributed by atoms with van der Waals surface area (Å²) in [6.45, 7) is 10.8. The Hall–Kier alpha value is -3.36. The van der Waals surface area contributed by atoms with E-state index in [0.29, 0.717) is 12.1 Å².